The molecule has 72 valence electrons. The van der Waals surface area contributed by atoms with E-state index in [1.165, 1.54) is 12.2 Å². The molecule has 1 unspecified atom stereocenters. The maximum Gasteiger partial charge on any atom is 0.226 e. The molecule has 1 N–H and O–H groups in total. The molecule has 0 bridgehead atoms. The van der Waals surface area contributed by atoms with Crippen LogP contribution in [0.3, 0.4) is 0 Å². The zero-order valence-corrected chi connectivity index (χ0v) is 9.08. The average molecular weight is 198 g/mol. The Bertz CT molecular complexity index is 321. The topological polar surface area (TPSA) is 37.3 Å². The number of rotatable bonds is 2. The molecule has 0 aromatic heterocycles. The van der Waals surface area contributed by atoms with E-state index < -0.39 is 7.37 Å². The fourth-order valence-corrected chi connectivity index (χ4v) is 1.84. The van der Waals surface area contributed by atoms with Gasteiger partial charge in [-0.05, 0) is 23.6 Å². The maximum absolute atomic E-state index is 11.3. The second kappa shape index (κ2) is 3.65. The van der Waals surface area contributed by atoms with Crippen LogP contribution in [-0.2, 0) is 4.57 Å². The first-order chi connectivity index (χ1) is 5.91. The highest BCUT2D eigenvalue weighted by atomic mass is 31.2. The number of benzene rings is 1. The summed E-state index contributed by atoms with van der Waals surface area (Å²) in [5.74, 6) is 0.462. The Morgan fingerprint density at radius 1 is 1.23 bits per heavy atom. The van der Waals surface area contributed by atoms with Gasteiger partial charge >= 0.3 is 0 Å². The summed E-state index contributed by atoms with van der Waals surface area (Å²) in [5, 5.41) is 0.525. The van der Waals surface area contributed by atoms with Crippen molar-refractivity contribution in [3.05, 3.63) is 29.8 Å². The monoisotopic (exact) mass is 198 g/mol. The van der Waals surface area contributed by atoms with E-state index in [0.29, 0.717) is 11.2 Å². The zero-order chi connectivity index (χ0) is 10.1. The van der Waals surface area contributed by atoms with Gasteiger partial charge in [0.05, 0.1) is 0 Å². The molecular weight excluding hydrogens is 183 g/mol. The fraction of sp³-hybridized carbons (Fsp3) is 0.400. The lowest BCUT2D eigenvalue weighted by Gasteiger charge is -2.08. The van der Waals surface area contributed by atoms with Crippen molar-refractivity contribution in [3.63, 3.8) is 0 Å². The van der Waals surface area contributed by atoms with Crippen molar-refractivity contribution < 1.29 is 9.46 Å². The fourth-order valence-electron chi connectivity index (χ4n) is 1.14. The smallest absolute Gasteiger partial charge is 0.226 e. The van der Waals surface area contributed by atoms with Gasteiger partial charge in [0.2, 0.25) is 7.37 Å². The summed E-state index contributed by atoms with van der Waals surface area (Å²) in [4.78, 5) is 9.27. The van der Waals surface area contributed by atoms with E-state index in [9.17, 15) is 9.46 Å². The molecular formula is C10H15O2P. The van der Waals surface area contributed by atoms with E-state index in [1.807, 2.05) is 12.1 Å². The van der Waals surface area contributed by atoms with Crippen LogP contribution in [0.5, 0.6) is 0 Å². The van der Waals surface area contributed by atoms with Gasteiger partial charge < -0.3 is 4.89 Å². The Hall–Kier alpha value is -0.590. The van der Waals surface area contributed by atoms with Gasteiger partial charge in [-0.2, -0.15) is 0 Å². The van der Waals surface area contributed by atoms with Crippen LogP contribution in [0.15, 0.2) is 24.3 Å². The van der Waals surface area contributed by atoms with Crippen molar-refractivity contribution in [3.8, 4) is 0 Å². The van der Waals surface area contributed by atoms with E-state index in [-0.39, 0.29) is 0 Å². The molecule has 1 aromatic rings. The Labute approximate surface area is 79.1 Å². The van der Waals surface area contributed by atoms with Crippen LogP contribution in [0.25, 0.3) is 0 Å². The SMILES string of the molecule is CC(C)c1ccc(P(C)(=O)O)cc1. The third-order valence-electron chi connectivity index (χ3n) is 2.04. The predicted molar refractivity (Wildman–Crippen MR) is 55.9 cm³/mol. The van der Waals surface area contributed by atoms with Crippen LogP contribution in [-0.4, -0.2) is 11.6 Å². The minimum absolute atomic E-state index is 0.462. The zero-order valence-electron chi connectivity index (χ0n) is 8.19. The van der Waals surface area contributed by atoms with Crippen LogP contribution >= 0.6 is 7.37 Å². The molecule has 0 amide bonds. The first kappa shape index (κ1) is 10.5. The first-order valence-corrected chi connectivity index (χ1v) is 6.42. The molecule has 0 saturated heterocycles. The standard InChI is InChI=1S/C10H15O2P/c1-8(2)9-4-6-10(7-5-9)13(3,11)12/h4-8H,1-3H3,(H,11,12). The van der Waals surface area contributed by atoms with E-state index in [4.69, 9.17) is 0 Å². The van der Waals surface area contributed by atoms with Crippen LogP contribution in [0.2, 0.25) is 0 Å². The number of hydrogen-bond acceptors (Lipinski definition) is 1. The van der Waals surface area contributed by atoms with Crippen LogP contribution in [0.1, 0.15) is 25.3 Å². The van der Waals surface area contributed by atoms with Crippen molar-refractivity contribution in [2.45, 2.75) is 19.8 Å². The lowest BCUT2D eigenvalue weighted by atomic mass is 10.0. The molecule has 0 spiro atoms. The van der Waals surface area contributed by atoms with Crippen molar-refractivity contribution in [2.75, 3.05) is 6.66 Å². The van der Waals surface area contributed by atoms with Gasteiger partial charge in [-0.1, -0.05) is 26.0 Å². The summed E-state index contributed by atoms with van der Waals surface area (Å²) >= 11 is 0. The maximum atomic E-state index is 11.3. The lowest BCUT2D eigenvalue weighted by Crippen LogP contribution is -2.03. The lowest BCUT2D eigenvalue weighted by molar-refractivity contribution is 0.496. The van der Waals surface area contributed by atoms with Gasteiger partial charge in [0, 0.05) is 12.0 Å². The molecule has 0 aliphatic carbocycles. The molecule has 0 heterocycles. The Balaban J connectivity index is 3.01. The van der Waals surface area contributed by atoms with Gasteiger partial charge in [-0.3, -0.25) is 4.57 Å². The minimum Gasteiger partial charge on any atom is -0.341 e. The Morgan fingerprint density at radius 2 is 1.69 bits per heavy atom. The van der Waals surface area contributed by atoms with Crippen molar-refractivity contribution in [1.82, 2.24) is 0 Å². The van der Waals surface area contributed by atoms with Gasteiger partial charge in [0.15, 0.2) is 0 Å². The molecule has 2 nitrogen and oxygen atoms in total. The normalized spacial score (nSPS) is 15.8. The third-order valence-corrected chi connectivity index (χ3v) is 3.30. The van der Waals surface area contributed by atoms with E-state index in [1.54, 1.807) is 12.1 Å². The van der Waals surface area contributed by atoms with Crippen LogP contribution in [0.4, 0.5) is 0 Å². The summed E-state index contributed by atoms with van der Waals surface area (Å²) in [6.07, 6.45) is 0. The van der Waals surface area contributed by atoms with Crippen molar-refractivity contribution in [2.24, 2.45) is 0 Å². The molecule has 13 heavy (non-hydrogen) atoms. The summed E-state index contributed by atoms with van der Waals surface area (Å²) < 4.78 is 11.3. The summed E-state index contributed by atoms with van der Waals surface area (Å²) in [7, 11) is -3.07. The van der Waals surface area contributed by atoms with E-state index in [0.717, 1.165) is 0 Å². The third kappa shape index (κ3) is 2.68. The largest absolute Gasteiger partial charge is 0.341 e. The molecule has 0 radical (unpaired) electrons. The highest BCUT2D eigenvalue weighted by Gasteiger charge is 2.12. The Morgan fingerprint density at radius 3 is 2.00 bits per heavy atom. The minimum atomic E-state index is -3.07. The molecule has 0 fully saturated rings. The van der Waals surface area contributed by atoms with Crippen LogP contribution in [0, 0.1) is 0 Å². The van der Waals surface area contributed by atoms with Gasteiger partial charge in [0.1, 0.15) is 0 Å². The molecule has 0 aliphatic heterocycles. The molecule has 0 saturated carbocycles. The second-order valence-corrected chi connectivity index (χ2v) is 5.90. The van der Waals surface area contributed by atoms with Gasteiger partial charge in [-0.25, -0.2) is 0 Å². The first-order valence-electron chi connectivity index (χ1n) is 4.32. The summed E-state index contributed by atoms with van der Waals surface area (Å²) in [5.41, 5.74) is 1.19. The summed E-state index contributed by atoms with van der Waals surface area (Å²) in [6, 6.07) is 7.28. The highest BCUT2D eigenvalue weighted by Crippen LogP contribution is 2.33. The molecule has 3 heteroatoms. The molecule has 1 atom stereocenters. The van der Waals surface area contributed by atoms with E-state index in [2.05, 4.69) is 13.8 Å². The second-order valence-electron chi connectivity index (χ2n) is 3.63. The molecule has 0 aliphatic rings. The van der Waals surface area contributed by atoms with Crippen molar-refractivity contribution >= 4 is 12.7 Å². The molecule has 1 aromatic carbocycles. The predicted octanol–water partition coefficient (Wildman–Crippen LogP) is 2.34. The van der Waals surface area contributed by atoms with E-state index >= 15 is 0 Å². The van der Waals surface area contributed by atoms with Crippen LogP contribution < -0.4 is 5.30 Å². The highest BCUT2D eigenvalue weighted by molar-refractivity contribution is 7.65. The van der Waals surface area contributed by atoms with Gasteiger partial charge in [0.25, 0.3) is 0 Å². The summed E-state index contributed by atoms with van der Waals surface area (Å²) in [6.45, 7) is 5.55. The van der Waals surface area contributed by atoms with Crippen molar-refractivity contribution in [1.29, 1.82) is 0 Å². The Kier molecular flexibility index (Phi) is 2.94. The number of hydrogen-bond donors (Lipinski definition) is 1. The molecule has 1 rings (SSSR count). The average Bonchev–Trinajstić information content (AvgIpc) is 2.03. The van der Waals surface area contributed by atoms with Gasteiger partial charge in [-0.15, -0.1) is 0 Å². The quantitative estimate of drug-likeness (QED) is 0.740.